The van der Waals surface area contributed by atoms with Gasteiger partial charge in [-0.3, -0.25) is 0 Å². The summed E-state index contributed by atoms with van der Waals surface area (Å²) < 4.78 is 0. The summed E-state index contributed by atoms with van der Waals surface area (Å²) in [5, 5.41) is 2.53. The molecule has 0 aliphatic heterocycles. The first kappa shape index (κ1) is 27.5. The van der Waals surface area contributed by atoms with Crippen LogP contribution in [-0.2, 0) is 5.41 Å². The number of hydrogen-bond acceptors (Lipinski definition) is 1. The molecule has 7 aromatic rings. The fraction of sp³-hybridized carbons (Fsp3) is 0.167. The van der Waals surface area contributed by atoms with E-state index in [9.17, 15) is 0 Å². The maximum atomic E-state index is 2.59. The van der Waals surface area contributed by atoms with Gasteiger partial charge >= 0.3 is 0 Å². The van der Waals surface area contributed by atoms with Gasteiger partial charge in [-0.15, -0.1) is 0 Å². The van der Waals surface area contributed by atoms with Crippen LogP contribution in [0.3, 0.4) is 0 Å². The van der Waals surface area contributed by atoms with Gasteiger partial charge in [-0.25, -0.2) is 0 Å². The quantitative estimate of drug-likeness (QED) is 0.188. The molecule has 1 nitrogen and oxygen atoms in total. The Hall–Kier alpha value is -5.40. The molecule has 1 spiro atoms. The van der Waals surface area contributed by atoms with Gasteiger partial charge in [0.1, 0.15) is 0 Å². The van der Waals surface area contributed by atoms with E-state index in [0.29, 0.717) is 0 Å². The fourth-order valence-corrected chi connectivity index (χ4v) is 10.6. The Morgan fingerprint density at radius 2 is 1.12 bits per heavy atom. The molecule has 49 heavy (non-hydrogen) atoms. The number of hydrogen-bond donors (Lipinski definition) is 0. The predicted molar refractivity (Wildman–Crippen MR) is 203 cm³/mol. The summed E-state index contributed by atoms with van der Waals surface area (Å²) in [6, 6.07) is 59.7. The third-order valence-electron chi connectivity index (χ3n) is 12.6. The maximum Gasteiger partial charge on any atom is 0.0468 e. The van der Waals surface area contributed by atoms with Crippen molar-refractivity contribution in [2.45, 2.75) is 37.0 Å². The van der Waals surface area contributed by atoms with E-state index in [1.165, 1.54) is 92.5 Å². The average molecular weight is 628 g/mol. The molecule has 7 aromatic carbocycles. The normalized spacial score (nSPS) is 22.2. The molecule has 4 unspecified atom stereocenters. The zero-order valence-electron chi connectivity index (χ0n) is 27.5. The lowest BCUT2D eigenvalue weighted by Gasteiger charge is -2.37. The molecule has 2 bridgehead atoms. The van der Waals surface area contributed by atoms with Gasteiger partial charge in [-0.1, -0.05) is 128 Å². The van der Waals surface area contributed by atoms with Gasteiger partial charge in [0.2, 0.25) is 0 Å². The minimum Gasteiger partial charge on any atom is -0.310 e. The van der Waals surface area contributed by atoms with Crippen LogP contribution >= 0.6 is 0 Å². The molecular formula is C48H37N. The predicted octanol–water partition coefficient (Wildman–Crippen LogP) is 12.6. The Balaban J connectivity index is 1.13. The molecule has 4 atom stereocenters. The van der Waals surface area contributed by atoms with Gasteiger partial charge in [0.05, 0.1) is 0 Å². The maximum absolute atomic E-state index is 2.59. The summed E-state index contributed by atoms with van der Waals surface area (Å²) in [6.07, 6.45) is 5.41. The molecular weight excluding hydrogens is 591 g/mol. The summed E-state index contributed by atoms with van der Waals surface area (Å²) in [5.74, 6) is 1.78. The topological polar surface area (TPSA) is 3.24 Å². The van der Waals surface area contributed by atoms with Crippen LogP contribution in [-0.4, -0.2) is 0 Å². The molecule has 4 aliphatic rings. The van der Waals surface area contributed by atoms with Crippen molar-refractivity contribution in [1.29, 1.82) is 0 Å². The van der Waals surface area contributed by atoms with Gasteiger partial charge in [-0.2, -0.15) is 0 Å². The van der Waals surface area contributed by atoms with Crippen molar-refractivity contribution in [3.8, 4) is 22.3 Å². The highest BCUT2D eigenvalue weighted by Crippen LogP contribution is 2.66. The van der Waals surface area contributed by atoms with Crippen LogP contribution in [0.25, 0.3) is 33.0 Å². The summed E-state index contributed by atoms with van der Waals surface area (Å²) in [7, 11) is 0. The molecule has 4 aliphatic carbocycles. The average Bonchev–Trinajstić information content (AvgIpc) is 3.92. The smallest absolute Gasteiger partial charge is 0.0468 e. The van der Waals surface area contributed by atoms with Crippen LogP contribution in [0, 0.1) is 11.8 Å². The number of nitrogens with zero attached hydrogens (tertiary/aromatic N) is 1. The first-order valence-corrected chi connectivity index (χ1v) is 18.1. The van der Waals surface area contributed by atoms with Crippen LogP contribution < -0.4 is 4.90 Å². The minimum absolute atomic E-state index is 0.137. The highest BCUT2D eigenvalue weighted by molar-refractivity contribution is 5.92. The molecule has 0 aromatic heterocycles. The lowest BCUT2D eigenvalue weighted by Crippen LogP contribution is -2.32. The van der Waals surface area contributed by atoms with Crippen molar-refractivity contribution < 1.29 is 0 Å². The standard InChI is InChI=1S/C48H37N/c1-2-11-33(12-3-1)47-43-16-7-6-14-39(43)40-24-22-37(28-44(40)47)49(36-21-19-32-10-4-5-13-34(32)27-36)38-23-25-42-41-15-8-9-17-45(41)48(46(42)29-38)30-31-18-20-35(48)26-31/h1-17,19,21-25,27-29,31,35,47H,18,20,26,30H2. The van der Waals surface area contributed by atoms with E-state index in [1.54, 1.807) is 11.1 Å². The molecule has 2 fully saturated rings. The zero-order valence-corrected chi connectivity index (χ0v) is 27.5. The van der Waals surface area contributed by atoms with Crippen LogP contribution in [0.1, 0.15) is 59.4 Å². The second kappa shape index (κ2) is 10.3. The largest absolute Gasteiger partial charge is 0.310 e. The van der Waals surface area contributed by atoms with Crippen molar-refractivity contribution in [2.24, 2.45) is 11.8 Å². The van der Waals surface area contributed by atoms with Gasteiger partial charge in [0.15, 0.2) is 0 Å². The highest BCUT2D eigenvalue weighted by atomic mass is 15.1. The number of rotatable bonds is 4. The third kappa shape index (κ3) is 3.88. The lowest BCUT2D eigenvalue weighted by atomic mass is 9.67. The second-order valence-corrected chi connectivity index (χ2v) is 14.9. The van der Waals surface area contributed by atoms with Crippen LogP contribution in [0.5, 0.6) is 0 Å². The minimum atomic E-state index is 0.137. The molecule has 0 radical (unpaired) electrons. The van der Waals surface area contributed by atoms with Crippen LogP contribution in [0.2, 0.25) is 0 Å². The molecule has 0 amide bonds. The zero-order chi connectivity index (χ0) is 32.1. The van der Waals surface area contributed by atoms with E-state index >= 15 is 0 Å². The van der Waals surface area contributed by atoms with E-state index in [-0.39, 0.29) is 11.3 Å². The van der Waals surface area contributed by atoms with E-state index in [4.69, 9.17) is 0 Å². The molecule has 2 saturated carbocycles. The summed E-state index contributed by atoms with van der Waals surface area (Å²) in [5.41, 5.74) is 16.6. The monoisotopic (exact) mass is 627 g/mol. The van der Waals surface area contributed by atoms with Crippen molar-refractivity contribution in [1.82, 2.24) is 0 Å². The van der Waals surface area contributed by atoms with E-state index < -0.39 is 0 Å². The number of benzene rings is 7. The molecule has 1 heteroatoms. The molecule has 234 valence electrons. The van der Waals surface area contributed by atoms with Gasteiger partial charge < -0.3 is 4.90 Å². The summed E-state index contributed by atoms with van der Waals surface area (Å²) in [4.78, 5) is 2.53. The summed E-state index contributed by atoms with van der Waals surface area (Å²) in [6.45, 7) is 0. The lowest BCUT2D eigenvalue weighted by molar-refractivity contribution is 0.327. The van der Waals surface area contributed by atoms with Crippen LogP contribution in [0.15, 0.2) is 158 Å². The second-order valence-electron chi connectivity index (χ2n) is 14.9. The number of anilines is 3. The van der Waals surface area contributed by atoms with Crippen molar-refractivity contribution in [2.75, 3.05) is 4.90 Å². The molecule has 0 N–H and O–H groups in total. The van der Waals surface area contributed by atoms with Gasteiger partial charge in [0, 0.05) is 28.4 Å². The van der Waals surface area contributed by atoms with Crippen molar-refractivity contribution >= 4 is 27.8 Å². The Morgan fingerprint density at radius 1 is 0.469 bits per heavy atom. The highest BCUT2D eigenvalue weighted by Gasteiger charge is 2.56. The SMILES string of the molecule is c1ccc(C2c3ccccc3-c3ccc(N(c4ccc5c(c4)C4(CC6CCC4C6)c4ccccc4-5)c4ccc5ccccc5c4)cc32)cc1. The molecule has 11 rings (SSSR count). The van der Waals surface area contributed by atoms with E-state index in [1.807, 2.05) is 0 Å². The first-order chi connectivity index (χ1) is 24.3. The Labute approximate surface area is 288 Å². The van der Waals surface area contributed by atoms with Gasteiger partial charge in [-0.05, 0) is 128 Å². The fourth-order valence-electron chi connectivity index (χ4n) is 10.6. The Kier molecular flexibility index (Phi) is 5.79. The first-order valence-electron chi connectivity index (χ1n) is 18.1. The molecule has 0 heterocycles. The Bertz CT molecular complexity index is 2440. The van der Waals surface area contributed by atoms with Crippen molar-refractivity contribution in [3.05, 3.63) is 186 Å². The van der Waals surface area contributed by atoms with Crippen LogP contribution in [0.4, 0.5) is 17.1 Å². The molecule has 0 saturated heterocycles. The summed E-state index contributed by atoms with van der Waals surface area (Å²) >= 11 is 0. The van der Waals surface area contributed by atoms with E-state index in [0.717, 1.165) is 11.8 Å². The van der Waals surface area contributed by atoms with E-state index in [2.05, 4.69) is 163 Å². The van der Waals surface area contributed by atoms with Gasteiger partial charge in [0.25, 0.3) is 0 Å². The third-order valence-corrected chi connectivity index (χ3v) is 12.6. The van der Waals surface area contributed by atoms with Crippen molar-refractivity contribution in [3.63, 3.8) is 0 Å². The number of fused-ring (bicyclic) bond motifs is 12. The Morgan fingerprint density at radius 3 is 1.96 bits per heavy atom.